The van der Waals surface area contributed by atoms with Gasteiger partial charge >= 0.3 is 0 Å². The third kappa shape index (κ3) is 3.59. The molecular weight excluding hydrogens is 524 g/mol. The van der Waals surface area contributed by atoms with E-state index in [9.17, 15) is 34.2 Å². The number of aromatic nitrogens is 2. The van der Waals surface area contributed by atoms with Crippen molar-refractivity contribution in [2.24, 2.45) is 0 Å². The molecule has 2 N–H and O–H groups in total. The van der Waals surface area contributed by atoms with E-state index in [4.69, 9.17) is 11.6 Å². The van der Waals surface area contributed by atoms with Crippen LogP contribution in [-0.2, 0) is 0 Å². The average molecular weight is 539 g/mol. The normalized spacial score (nSPS) is 11.4. The van der Waals surface area contributed by atoms with Crippen LogP contribution in [-0.4, -0.2) is 25.1 Å². The van der Waals surface area contributed by atoms with Gasteiger partial charge in [0.2, 0.25) is 0 Å². The number of ketones is 1. The van der Waals surface area contributed by atoms with Crippen molar-refractivity contribution in [2.75, 3.05) is 0 Å². The van der Waals surface area contributed by atoms with Crippen molar-refractivity contribution in [3.63, 3.8) is 0 Å². The summed E-state index contributed by atoms with van der Waals surface area (Å²) in [6.45, 7) is 0. The Hall–Kier alpha value is -5.28. The van der Waals surface area contributed by atoms with Crippen LogP contribution in [0, 0.1) is 0 Å². The molecule has 2 aromatic heterocycles. The predicted octanol–water partition coefficient (Wildman–Crippen LogP) is 3.19. The zero-order valence-electron chi connectivity index (χ0n) is 19.7. The molecule has 9 nitrogen and oxygen atoms in total. The van der Waals surface area contributed by atoms with Gasteiger partial charge in [0.25, 0.3) is 22.2 Å². The molecule has 0 bridgehead atoms. The highest BCUT2D eigenvalue weighted by Crippen LogP contribution is 2.27. The second-order valence-electron chi connectivity index (χ2n) is 8.86. The van der Waals surface area contributed by atoms with Crippen LogP contribution in [0.1, 0.15) is 15.9 Å². The van der Waals surface area contributed by atoms with Gasteiger partial charge in [-0.1, -0.05) is 11.6 Å². The van der Waals surface area contributed by atoms with Crippen molar-refractivity contribution < 1.29 is 15.0 Å². The quantitative estimate of drug-likeness (QED) is 0.329. The zero-order valence-corrected chi connectivity index (χ0v) is 20.5. The van der Waals surface area contributed by atoms with Crippen LogP contribution in [0.3, 0.4) is 0 Å². The maximum Gasteiger partial charge on any atom is 0.266 e. The monoisotopic (exact) mass is 538 g/mol. The van der Waals surface area contributed by atoms with Crippen molar-refractivity contribution >= 4 is 38.9 Å². The van der Waals surface area contributed by atoms with Gasteiger partial charge in [-0.3, -0.25) is 24.0 Å². The highest BCUT2D eigenvalue weighted by atomic mass is 35.5. The first kappa shape index (κ1) is 24.1. The van der Waals surface area contributed by atoms with Gasteiger partial charge < -0.3 is 10.2 Å². The van der Waals surface area contributed by atoms with Gasteiger partial charge in [-0.05, 0) is 78.9 Å². The van der Waals surface area contributed by atoms with Gasteiger partial charge in [0.1, 0.15) is 11.5 Å². The third-order valence-corrected chi connectivity index (χ3v) is 6.83. The van der Waals surface area contributed by atoms with E-state index in [1.807, 2.05) is 0 Å². The number of aromatic hydroxyl groups is 2. The molecule has 0 saturated carbocycles. The SMILES string of the molecule is O=C(c1ccc(Cl)cc1)c1c2c(=O)n(-c3ccc(O)cc3)c(=O)c2cc2c(=O)n(-c3ccc(O)cc3)c(=O)c12. The topological polar surface area (TPSA) is 136 Å². The molecule has 0 aliphatic rings. The lowest BCUT2D eigenvalue weighted by atomic mass is 9.95. The molecule has 0 radical (unpaired) electrons. The Morgan fingerprint density at radius 1 is 0.590 bits per heavy atom. The summed E-state index contributed by atoms with van der Waals surface area (Å²) in [5.74, 6) is -0.918. The molecule has 2 heterocycles. The lowest BCUT2D eigenvalue weighted by Crippen LogP contribution is -2.24. The number of fused-ring (bicyclic) bond motifs is 2. The summed E-state index contributed by atoms with van der Waals surface area (Å²) in [7, 11) is 0. The van der Waals surface area contributed by atoms with E-state index in [2.05, 4.69) is 0 Å². The molecule has 0 aliphatic carbocycles. The molecule has 190 valence electrons. The number of halogens is 1. The van der Waals surface area contributed by atoms with Crippen LogP contribution in [0.2, 0.25) is 5.02 Å². The van der Waals surface area contributed by atoms with E-state index in [1.165, 1.54) is 72.8 Å². The summed E-state index contributed by atoms with van der Waals surface area (Å²) in [6.07, 6.45) is 0. The van der Waals surface area contributed by atoms with E-state index in [1.54, 1.807) is 0 Å². The van der Waals surface area contributed by atoms with Gasteiger partial charge in [0.05, 0.1) is 32.9 Å². The van der Waals surface area contributed by atoms with Crippen molar-refractivity contribution in [3.8, 4) is 22.9 Å². The Labute approximate surface area is 222 Å². The standard InChI is InChI=1S/C29H15ClN2O7/c30-15-3-1-14(2-4-15)25(35)24-22-20(26(36)31(28(22)38)16-5-9-18(33)10-6-16)13-21-23(24)29(39)32(27(21)37)17-7-11-19(34)12-8-17/h1-13,33-34H. The van der Waals surface area contributed by atoms with Crippen LogP contribution in [0.25, 0.3) is 32.9 Å². The molecule has 0 amide bonds. The molecule has 0 unspecified atom stereocenters. The Morgan fingerprint density at radius 3 is 1.41 bits per heavy atom. The van der Waals surface area contributed by atoms with Crippen LogP contribution in [0.15, 0.2) is 98.0 Å². The first-order chi connectivity index (χ1) is 18.7. The van der Waals surface area contributed by atoms with Crippen molar-refractivity contribution in [1.82, 2.24) is 9.13 Å². The van der Waals surface area contributed by atoms with Gasteiger partial charge in [0.15, 0.2) is 5.78 Å². The molecule has 0 saturated heterocycles. The summed E-state index contributed by atoms with van der Waals surface area (Å²) in [5.41, 5.74) is -3.33. The van der Waals surface area contributed by atoms with E-state index in [0.717, 1.165) is 15.2 Å². The second-order valence-corrected chi connectivity index (χ2v) is 9.29. The summed E-state index contributed by atoms with van der Waals surface area (Å²) >= 11 is 5.97. The highest BCUT2D eigenvalue weighted by Gasteiger charge is 2.29. The predicted molar refractivity (Wildman–Crippen MR) is 146 cm³/mol. The van der Waals surface area contributed by atoms with E-state index >= 15 is 0 Å². The summed E-state index contributed by atoms with van der Waals surface area (Å²) < 4.78 is 1.65. The molecule has 0 spiro atoms. The molecular formula is C29H15ClN2O7. The minimum Gasteiger partial charge on any atom is -0.508 e. The minimum atomic E-state index is -0.857. The molecule has 10 heteroatoms. The maximum absolute atomic E-state index is 13.9. The Kier molecular flexibility index (Phi) is 5.34. The number of carbonyl (C=O) groups excluding carboxylic acids is 1. The third-order valence-electron chi connectivity index (χ3n) is 6.58. The van der Waals surface area contributed by atoms with E-state index in [0.29, 0.717) is 5.02 Å². The highest BCUT2D eigenvalue weighted by molar-refractivity contribution is 6.31. The summed E-state index contributed by atoms with van der Waals surface area (Å²) in [4.78, 5) is 68.3. The molecule has 0 aliphatic heterocycles. The molecule has 6 rings (SSSR count). The lowest BCUT2D eigenvalue weighted by Gasteiger charge is -2.05. The molecule has 6 aromatic rings. The number of phenols is 2. The maximum atomic E-state index is 13.9. The van der Waals surface area contributed by atoms with Crippen LogP contribution < -0.4 is 22.2 Å². The number of hydrogen-bond donors (Lipinski definition) is 2. The molecule has 39 heavy (non-hydrogen) atoms. The fourth-order valence-corrected chi connectivity index (χ4v) is 4.88. The van der Waals surface area contributed by atoms with Gasteiger partial charge in [-0.15, -0.1) is 0 Å². The smallest absolute Gasteiger partial charge is 0.266 e. The summed E-state index contributed by atoms with van der Waals surface area (Å²) in [6, 6.07) is 17.5. The van der Waals surface area contributed by atoms with Crippen LogP contribution >= 0.6 is 11.6 Å². The first-order valence-corrected chi connectivity index (χ1v) is 11.9. The number of carbonyl (C=O) groups is 1. The molecule has 0 fully saturated rings. The second kappa shape index (κ2) is 8.64. The van der Waals surface area contributed by atoms with E-state index < -0.39 is 28.0 Å². The molecule has 0 atom stereocenters. The summed E-state index contributed by atoms with van der Waals surface area (Å²) in [5, 5.41) is 18.6. The fourth-order valence-electron chi connectivity index (χ4n) is 4.76. The van der Waals surface area contributed by atoms with Crippen molar-refractivity contribution in [2.45, 2.75) is 0 Å². The average Bonchev–Trinajstić information content (AvgIpc) is 3.33. The molecule has 4 aromatic carbocycles. The Balaban J connectivity index is 1.78. The van der Waals surface area contributed by atoms with Crippen molar-refractivity contribution in [1.29, 1.82) is 0 Å². The largest absolute Gasteiger partial charge is 0.508 e. The first-order valence-electron chi connectivity index (χ1n) is 11.5. The number of rotatable bonds is 4. The number of phenolic OH excluding ortho intramolecular Hbond substituents is 2. The Bertz CT molecular complexity index is 2040. The fraction of sp³-hybridized carbons (Fsp3) is 0. The van der Waals surface area contributed by atoms with E-state index in [-0.39, 0.29) is 55.5 Å². The minimum absolute atomic E-state index is 0.0848. The zero-order chi connectivity index (χ0) is 27.6. The number of nitrogens with zero attached hydrogens (tertiary/aromatic N) is 2. The lowest BCUT2D eigenvalue weighted by molar-refractivity contribution is 0.104. The van der Waals surface area contributed by atoms with Gasteiger partial charge in [-0.2, -0.15) is 0 Å². The van der Waals surface area contributed by atoms with Gasteiger partial charge in [0, 0.05) is 16.1 Å². The van der Waals surface area contributed by atoms with Gasteiger partial charge in [-0.25, -0.2) is 9.13 Å². The number of benzene rings is 4. The number of hydrogen-bond acceptors (Lipinski definition) is 7. The Morgan fingerprint density at radius 2 is 1.00 bits per heavy atom. The van der Waals surface area contributed by atoms with Crippen molar-refractivity contribution in [3.05, 3.63) is 136 Å². The van der Waals surface area contributed by atoms with Crippen LogP contribution in [0.4, 0.5) is 0 Å². The van der Waals surface area contributed by atoms with Crippen LogP contribution in [0.5, 0.6) is 11.5 Å².